The Bertz CT molecular complexity index is 390. The molecule has 0 saturated carbocycles. The van der Waals surface area contributed by atoms with Crippen molar-refractivity contribution < 1.29 is 4.39 Å². The van der Waals surface area contributed by atoms with Gasteiger partial charge in [0.05, 0.1) is 5.69 Å². The zero-order valence-electron chi connectivity index (χ0n) is 10.8. The normalized spacial score (nSPS) is 24.5. The molecule has 1 saturated heterocycles. The van der Waals surface area contributed by atoms with E-state index in [-0.39, 0.29) is 11.2 Å². The number of hydrogen-bond acceptors (Lipinski definition) is 2. The maximum atomic E-state index is 13.8. The van der Waals surface area contributed by atoms with Gasteiger partial charge in [0.15, 0.2) is 0 Å². The number of para-hydroxylation sites is 1. The van der Waals surface area contributed by atoms with Crippen molar-refractivity contribution in [2.75, 3.05) is 24.5 Å². The fourth-order valence-electron chi connectivity index (χ4n) is 2.37. The van der Waals surface area contributed by atoms with Gasteiger partial charge < -0.3 is 10.2 Å². The zero-order chi connectivity index (χ0) is 12.5. The van der Waals surface area contributed by atoms with Crippen molar-refractivity contribution in [2.24, 2.45) is 5.41 Å². The summed E-state index contributed by atoms with van der Waals surface area (Å²) in [6.07, 6.45) is 0. The molecule has 0 aromatic heterocycles. The Morgan fingerprint density at radius 3 is 2.76 bits per heavy atom. The van der Waals surface area contributed by atoms with Crippen molar-refractivity contribution in [3.8, 4) is 0 Å². The molecule has 1 aromatic rings. The molecular formula is C14H21FN2. The Hall–Kier alpha value is -1.09. The minimum absolute atomic E-state index is 0.127. The van der Waals surface area contributed by atoms with Crippen molar-refractivity contribution in [3.63, 3.8) is 0 Å². The predicted octanol–water partition coefficient (Wildman–Crippen LogP) is 2.65. The average Bonchev–Trinajstić information content (AvgIpc) is 2.38. The maximum Gasteiger partial charge on any atom is 0.146 e. The molecule has 0 bridgehead atoms. The van der Waals surface area contributed by atoms with E-state index >= 15 is 0 Å². The van der Waals surface area contributed by atoms with Gasteiger partial charge in [-0.15, -0.1) is 0 Å². The van der Waals surface area contributed by atoms with Crippen molar-refractivity contribution in [2.45, 2.75) is 26.8 Å². The van der Waals surface area contributed by atoms with Crippen LogP contribution < -0.4 is 10.2 Å². The molecule has 0 spiro atoms. The Labute approximate surface area is 103 Å². The monoisotopic (exact) mass is 236 g/mol. The Kier molecular flexibility index (Phi) is 3.38. The van der Waals surface area contributed by atoms with Crippen LogP contribution in [0.25, 0.3) is 0 Å². The molecular weight excluding hydrogens is 215 g/mol. The van der Waals surface area contributed by atoms with Crippen LogP contribution in [0.3, 0.4) is 0 Å². The molecule has 1 aromatic carbocycles. The molecule has 0 amide bonds. The van der Waals surface area contributed by atoms with Gasteiger partial charge in [-0.1, -0.05) is 26.0 Å². The van der Waals surface area contributed by atoms with E-state index in [1.807, 2.05) is 12.1 Å². The zero-order valence-corrected chi connectivity index (χ0v) is 10.8. The fourth-order valence-corrected chi connectivity index (χ4v) is 2.37. The molecule has 1 atom stereocenters. The summed E-state index contributed by atoms with van der Waals surface area (Å²) in [5, 5.41) is 3.49. The van der Waals surface area contributed by atoms with Crippen LogP contribution in [-0.4, -0.2) is 25.7 Å². The molecule has 0 radical (unpaired) electrons. The number of halogens is 1. The first-order chi connectivity index (χ1) is 7.98. The highest BCUT2D eigenvalue weighted by Crippen LogP contribution is 2.26. The van der Waals surface area contributed by atoms with Crippen LogP contribution in [-0.2, 0) is 0 Å². The molecule has 1 fully saturated rings. The summed E-state index contributed by atoms with van der Waals surface area (Å²) in [4.78, 5) is 2.15. The lowest BCUT2D eigenvalue weighted by atomic mass is 9.93. The van der Waals surface area contributed by atoms with Gasteiger partial charge in [0, 0.05) is 25.7 Å². The topological polar surface area (TPSA) is 15.3 Å². The van der Waals surface area contributed by atoms with Gasteiger partial charge in [-0.2, -0.15) is 0 Å². The summed E-state index contributed by atoms with van der Waals surface area (Å²) < 4.78 is 13.8. The minimum atomic E-state index is -0.127. The summed E-state index contributed by atoms with van der Waals surface area (Å²) in [5.74, 6) is -0.127. The molecule has 2 nitrogen and oxygen atoms in total. The summed E-state index contributed by atoms with van der Waals surface area (Å²) in [6, 6.07) is 7.42. The SMILES string of the molecule is CC1CN(c2ccccc2F)CC(C)(C)CN1. The lowest BCUT2D eigenvalue weighted by molar-refractivity contribution is 0.362. The van der Waals surface area contributed by atoms with Crippen molar-refractivity contribution in [3.05, 3.63) is 30.1 Å². The fraction of sp³-hybridized carbons (Fsp3) is 0.571. The van der Waals surface area contributed by atoms with E-state index in [4.69, 9.17) is 0 Å². The molecule has 1 heterocycles. The molecule has 2 rings (SSSR count). The van der Waals surface area contributed by atoms with Crippen molar-refractivity contribution in [1.82, 2.24) is 5.32 Å². The number of benzene rings is 1. The third-order valence-corrected chi connectivity index (χ3v) is 3.24. The van der Waals surface area contributed by atoms with Gasteiger partial charge >= 0.3 is 0 Å². The van der Waals surface area contributed by atoms with Crippen molar-refractivity contribution in [1.29, 1.82) is 0 Å². The van der Waals surface area contributed by atoms with E-state index in [0.29, 0.717) is 6.04 Å². The summed E-state index contributed by atoms with van der Waals surface area (Å²) in [5.41, 5.74) is 0.878. The summed E-state index contributed by atoms with van der Waals surface area (Å²) >= 11 is 0. The van der Waals surface area contributed by atoms with Gasteiger partial charge in [0.25, 0.3) is 0 Å². The van der Waals surface area contributed by atoms with Gasteiger partial charge in [-0.25, -0.2) is 4.39 Å². The highest BCUT2D eigenvalue weighted by molar-refractivity contribution is 5.48. The second-order valence-corrected chi connectivity index (χ2v) is 5.78. The number of anilines is 1. The third kappa shape index (κ3) is 2.97. The Balaban J connectivity index is 2.27. The standard InChI is InChI=1S/C14H21FN2/c1-11-8-17(10-14(2,3)9-16-11)13-7-5-4-6-12(13)15/h4-7,11,16H,8-10H2,1-3H3. The third-order valence-electron chi connectivity index (χ3n) is 3.24. The first-order valence-corrected chi connectivity index (χ1v) is 6.21. The molecule has 1 aliphatic rings. The highest BCUT2D eigenvalue weighted by Gasteiger charge is 2.28. The largest absolute Gasteiger partial charge is 0.367 e. The Morgan fingerprint density at radius 2 is 2.06 bits per heavy atom. The van der Waals surface area contributed by atoms with E-state index in [1.54, 1.807) is 6.07 Å². The number of hydrogen-bond donors (Lipinski definition) is 1. The van der Waals surface area contributed by atoms with E-state index in [1.165, 1.54) is 6.07 Å². The second kappa shape index (κ2) is 4.65. The highest BCUT2D eigenvalue weighted by atomic mass is 19.1. The van der Waals surface area contributed by atoms with E-state index in [9.17, 15) is 4.39 Å². The van der Waals surface area contributed by atoms with E-state index < -0.39 is 0 Å². The van der Waals surface area contributed by atoms with Crippen LogP contribution in [0.2, 0.25) is 0 Å². The quantitative estimate of drug-likeness (QED) is 0.806. The first kappa shape index (κ1) is 12.4. The van der Waals surface area contributed by atoms with E-state index in [2.05, 4.69) is 31.0 Å². The molecule has 1 unspecified atom stereocenters. The molecule has 17 heavy (non-hydrogen) atoms. The first-order valence-electron chi connectivity index (χ1n) is 6.21. The van der Waals surface area contributed by atoms with Gasteiger partial charge in [0.2, 0.25) is 0 Å². The lowest BCUT2D eigenvalue weighted by Crippen LogP contribution is -2.36. The molecule has 1 aliphatic heterocycles. The van der Waals surface area contributed by atoms with Crippen molar-refractivity contribution >= 4 is 5.69 Å². The number of rotatable bonds is 1. The number of nitrogens with zero attached hydrogens (tertiary/aromatic N) is 1. The van der Waals surface area contributed by atoms with Gasteiger partial charge in [0.1, 0.15) is 5.82 Å². The molecule has 1 N–H and O–H groups in total. The second-order valence-electron chi connectivity index (χ2n) is 5.78. The number of nitrogens with one attached hydrogen (secondary N) is 1. The summed E-state index contributed by atoms with van der Waals surface area (Å²) in [7, 11) is 0. The predicted molar refractivity (Wildman–Crippen MR) is 69.9 cm³/mol. The van der Waals surface area contributed by atoms with Crippen LogP contribution in [0.15, 0.2) is 24.3 Å². The molecule has 94 valence electrons. The van der Waals surface area contributed by atoms with Crippen LogP contribution in [0.1, 0.15) is 20.8 Å². The molecule has 3 heteroatoms. The minimum Gasteiger partial charge on any atom is -0.367 e. The summed E-state index contributed by atoms with van der Waals surface area (Å²) in [6.45, 7) is 9.28. The van der Waals surface area contributed by atoms with Crippen LogP contribution >= 0.6 is 0 Å². The Morgan fingerprint density at radius 1 is 1.35 bits per heavy atom. The van der Waals surface area contributed by atoms with Crippen LogP contribution in [0.4, 0.5) is 10.1 Å². The van der Waals surface area contributed by atoms with E-state index in [0.717, 1.165) is 25.3 Å². The average molecular weight is 236 g/mol. The smallest absolute Gasteiger partial charge is 0.146 e. The van der Waals surface area contributed by atoms with Crippen LogP contribution in [0, 0.1) is 11.2 Å². The van der Waals surface area contributed by atoms with Crippen LogP contribution in [0.5, 0.6) is 0 Å². The molecule has 0 aliphatic carbocycles. The van der Waals surface area contributed by atoms with Gasteiger partial charge in [-0.05, 0) is 24.5 Å². The maximum absolute atomic E-state index is 13.8. The van der Waals surface area contributed by atoms with Gasteiger partial charge in [-0.3, -0.25) is 0 Å². The lowest BCUT2D eigenvalue weighted by Gasteiger charge is -2.31.